The zero-order chi connectivity index (χ0) is 28.9. The molecule has 0 atom stereocenters. The summed E-state index contributed by atoms with van der Waals surface area (Å²) in [6, 6.07) is 21.3. The smallest absolute Gasteiger partial charge is 0.269 e. The van der Waals surface area contributed by atoms with Crippen molar-refractivity contribution in [3.8, 4) is 11.5 Å². The van der Waals surface area contributed by atoms with E-state index in [9.17, 15) is 26.9 Å². The molecule has 0 fully saturated rings. The molecule has 208 valence electrons. The molecule has 4 N–H and O–H groups in total. The normalized spacial score (nSPS) is 11.4. The molecule has 40 heavy (non-hydrogen) atoms. The van der Waals surface area contributed by atoms with Crippen LogP contribution in [0.1, 0.15) is 5.56 Å². The third kappa shape index (κ3) is 6.59. The SMILES string of the molecule is COc1ccc(COc2ccccc2NS(=O)(=O)c2ccc(N)cc2)cc1NS(=O)(=O)c1ccc([N+](=O)[O-])cc1. The number of nitrogens with two attached hydrogens (primary N) is 1. The molecule has 0 saturated carbocycles. The van der Waals surface area contributed by atoms with Gasteiger partial charge in [-0.25, -0.2) is 16.8 Å². The Labute approximate surface area is 230 Å². The van der Waals surface area contributed by atoms with Crippen LogP contribution in [-0.2, 0) is 26.7 Å². The lowest BCUT2D eigenvalue weighted by molar-refractivity contribution is -0.384. The summed E-state index contributed by atoms with van der Waals surface area (Å²) in [5.74, 6) is 0.469. The molecule has 4 rings (SSSR count). The molecule has 0 radical (unpaired) electrons. The lowest BCUT2D eigenvalue weighted by Crippen LogP contribution is -2.14. The Morgan fingerprint density at radius 3 is 1.95 bits per heavy atom. The Kier molecular flexibility index (Phi) is 8.11. The van der Waals surface area contributed by atoms with Crippen LogP contribution in [-0.4, -0.2) is 28.9 Å². The van der Waals surface area contributed by atoms with Crippen molar-refractivity contribution in [3.63, 3.8) is 0 Å². The third-order valence-corrected chi connectivity index (χ3v) is 8.34. The minimum atomic E-state index is -4.11. The second kappa shape index (κ2) is 11.5. The van der Waals surface area contributed by atoms with E-state index in [0.717, 1.165) is 24.3 Å². The number of benzene rings is 4. The van der Waals surface area contributed by atoms with Crippen molar-refractivity contribution in [1.29, 1.82) is 0 Å². The number of sulfonamides is 2. The molecule has 0 aliphatic carbocycles. The van der Waals surface area contributed by atoms with Gasteiger partial charge in [-0.1, -0.05) is 18.2 Å². The number of ether oxygens (including phenoxy) is 2. The minimum Gasteiger partial charge on any atom is -0.495 e. The van der Waals surface area contributed by atoms with E-state index in [2.05, 4.69) is 9.44 Å². The fourth-order valence-corrected chi connectivity index (χ4v) is 5.70. The van der Waals surface area contributed by atoms with Gasteiger partial charge in [-0.15, -0.1) is 0 Å². The van der Waals surface area contributed by atoms with Crippen LogP contribution < -0.4 is 24.7 Å². The van der Waals surface area contributed by atoms with Crippen LogP contribution in [0, 0.1) is 10.1 Å². The highest BCUT2D eigenvalue weighted by Crippen LogP contribution is 2.31. The highest BCUT2D eigenvalue weighted by molar-refractivity contribution is 7.93. The quantitative estimate of drug-likeness (QED) is 0.131. The number of hydrogen-bond donors (Lipinski definition) is 3. The Balaban J connectivity index is 1.53. The summed E-state index contributed by atoms with van der Waals surface area (Å²) in [5.41, 5.74) is 6.68. The summed E-state index contributed by atoms with van der Waals surface area (Å²) in [4.78, 5) is 10.1. The van der Waals surface area contributed by atoms with E-state index in [0.29, 0.717) is 11.3 Å². The molecule has 0 heterocycles. The standard InChI is InChI=1S/C26H24N4O8S2/c1-37-25-15-6-18(16-24(25)29-40(35,36)22-13-9-20(10-14-22)30(31)32)17-38-26-5-3-2-4-23(26)28-39(33,34)21-11-7-19(27)8-12-21/h2-16,28-29H,17,27H2,1H3. The van der Waals surface area contributed by atoms with E-state index in [-0.39, 0.29) is 45.0 Å². The lowest BCUT2D eigenvalue weighted by Gasteiger charge is -2.16. The van der Waals surface area contributed by atoms with Crippen LogP contribution in [0.15, 0.2) is 101 Å². The van der Waals surface area contributed by atoms with Crippen LogP contribution in [0.5, 0.6) is 11.5 Å². The number of methoxy groups -OCH3 is 1. The van der Waals surface area contributed by atoms with Crippen LogP contribution in [0.4, 0.5) is 22.7 Å². The predicted octanol–water partition coefficient (Wildman–Crippen LogP) is 4.37. The Hall–Kier alpha value is -4.82. The van der Waals surface area contributed by atoms with Gasteiger partial charge in [0.1, 0.15) is 18.1 Å². The van der Waals surface area contributed by atoms with E-state index in [1.807, 2.05) is 0 Å². The molecular weight excluding hydrogens is 560 g/mol. The molecule has 0 unspecified atom stereocenters. The van der Waals surface area contributed by atoms with Gasteiger partial charge in [0, 0.05) is 17.8 Å². The number of nitro benzene ring substituents is 1. The number of para-hydroxylation sites is 2. The average molecular weight is 585 g/mol. The fraction of sp³-hybridized carbons (Fsp3) is 0.0769. The molecule has 0 spiro atoms. The first-order valence-electron chi connectivity index (χ1n) is 11.5. The number of nitrogens with one attached hydrogen (secondary N) is 2. The van der Waals surface area contributed by atoms with Crippen molar-refractivity contribution < 1.29 is 31.2 Å². The summed E-state index contributed by atoms with van der Waals surface area (Å²) in [7, 11) is -6.65. The number of non-ortho nitro benzene ring substituents is 1. The maximum absolute atomic E-state index is 12.9. The first-order chi connectivity index (χ1) is 19.0. The van der Waals surface area contributed by atoms with Gasteiger partial charge in [-0.3, -0.25) is 19.6 Å². The lowest BCUT2D eigenvalue weighted by atomic mass is 10.2. The largest absolute Gasteiger partial charge is 0.495 e. The van der Waals surface area contributed by atoms with Crippen molar-refractivity contribution in [2.75, 3.05) is 22.3 Å². The molecule has 0 aliphatic rings. The van der Waals surface area contributed by atoms with Gasteiger partial charge in [0.15, 0.2) is 0 Å². The van der Waals surface area contributed by atoms with Crippen molar-refractivity contribution in [2.24, 2.45) is 0 Å². The zero-order valence-corrected chi connectivity index (χ0v) is 22.6. The van der Waals surface area contributed by atoms with Crippen LogP contribution >= 0.6 is 0 Å². The maximum atomic E-state index is 12.9. The molecule has 0 aliphatic heterocycles. The molecule has 0 aromatic heterocycles. The summed E-state index contributed by atoms with van der Waals surface area (Å²) < 4.78 is 67.6. The van der Waals surface area contributed by atoms with E-state index in [1.165, 1.54) is 37.4 Å². The van der Waals surface area contributed by atoms with Gasteiger partial charge in [0.25, 0.3) is 25.7 Å². The molecule has 4 aromatic carbocycles. The topological polar surface area (TPSA) is 180 Å². The van der Waals surface area contributed by atoms with E-state index >= 15 is 0 Å². The van der Waals surface area contributed by atoms with Crippen LogP contribution in [0.2, 0.25) is 0 Å². The molecule has 0 bridgehead atoms. The van der Waals surface area contributed by atoms with E-state index < -0.39 is 25.0 Å². The molecule has 0 saturated heterocycles. The number of nitrogens with zero attached hydrogens (tertiary/aromatic N) is 1. The van der Waals surface area contributed by atoms with E-state index in [1.54, 1.807) is 36.4 Å². The highest BCUT2D eigenvalue weighted by Gasteiger charge is 2.19. The predicted molar refractivity (Wildman–Crippen MR) is 149 cm³/mol. The summed E-state index contributed by atoms with van der Waals surface area (Å²) in [6.07, 6.45) is 0. The maximum Gasteiger partial charge on any atom is 0.269 e. The molecule has 4 aromatic rings. The number of nitro groups is 1. The molecular formula is C26H24N4O8S2. The van der Waals surface area contributed by atoms with Crippen molar-refractivity contribution in [2.45, 2.75) is 16.4 Å². The molecule has 0 amide bonds. The number of anilines is 3. The van der Waals surface area contributed by atoms with Crippen LogP contribution in [0.3, 0.4) is 0 Å². The average Bonchev–Trinajstić information content (AvgIpc) is 2.92. The Morgan fingerprint density at radius 1 is 0.775 bits per heavy atom. The second-order valence-corrected chi connectivity index (χ2v) is 11.7. The van der Waals surface area contributed by atoms with Gasteiger partial charge in [-0.2, -0.15) is 0 Å². The third-order valence-electron chi connectivity index (χ3n) is 5.58. The van der Waals surface area contributed by atoms with Gasteiger partial charge in [0.05, 0.1) is 33.2 Å². The number of nitrogen functional groups attached to an aromatic ring is 1. The molecule has 12 nitrogen and oxygen atoms in total. The van der Waals surface area contributed by atoms with Crippen LogP contribution in [0.25, 0.3) is 0 Å². The number of hydrogen-bond acceptors (Lipinski definition) is 9. The van der Waals surface area contributed by atoms with Gasteiger partial charge in [-0.05, 0) is 66.2 Å². The van der Waals surface area contributed by atoms with Crippen molar-refractivity contribution >= 4 is 42.8 Å². The monoisotopic (exact) mass is 584 g/mol. The number of rotatable bonds is 11. The van der Waals surface area contributed by atoms with Gasteiger partial charge < -0.3 is 15.2 Å². The zero-order valence-electron chi connectivity index (χ0n) is 21.0. The Morgan fingerprint density at radius 2 is 1.35 bits per heavy atom. The van der Waals surface area contributed by atoms with Crippen molar-refractivity contribution in [1.82, 2.24) is 0 Å². The first-order valence-corrected chi connectivity index (χ1v) is 14.5. The van der Waals surface area contributed by atoms with Crippen molar-refractivity contribution in [3.05, 3.63) is 107 Å². The summed E-state index contributed by atoms with van der Waals surface area (Å²) in [5, 5.41) is 10.9. The van der Waals surface area contributed by atoms with Gasteiger partial charge in [0.2, 0.25) is 0 Å². The minimum absolute atomic E-state index is 0.0246. The second-order valence-electron chi connectivity index (χ2n) is 8.35. The molecule has 14 heteroatoms. The fourth-order valence-electron chi connectivity index (χ4n) is 3.56. The first kappa shape index (κ1) is 28.2. The Bertz CT molecular complexity index is 1740. The van der Waals surface area contributed by atoms with Gasteiger partial charge >= 0.3 is 0 Å². The summed E-state index contributed by atoms with van der Waals surface area (Å²) in [6.45, 7) is -0.0448. The van der Waals surface area contributed by atoms with E-state index in [4.69, 9.17) is 15.2 Å². The highest BCUT2D eigenvalue weighted by atomic mass is 32.2. The summed E-state index contributed by atoms with van der Waals surface area (Å²) >= 11 is 0.